The van der Waals surface area contributed by atoms with Crippen molar-refractivity contribution in [3.63, 3.8) is 0 Å². The maximum absolute atomic E-state index is 13.1. The van der Waals surface area contributed by atoms with Crippen molar-refractivity contribution in [1.82, 2.24) is 5.32 Å². The van der Waals surface area contributed by atoms with E-state index >= 15 is 0 Å². The molecule has 0 bridgehead atoms. The van der Waals surface area contributed by atoms with Crippen molar-refractivity contribution in [3.05, 3.63) is 35.9 Å². The SMILES string of the molecule is O=C(N[C@@H]1CCC[C@H](F)C1)c1ccccc1. The zero-order valence-corrected chi connectivity index (χ0v) is 9.16. The third kappa shape index (κ3) is 2.81. The summed E-state index contributed by atoms with van der Waals surface area (Å²) in [6.45, 7) is 0. The Balaban J connectivity index is 1.92. The van der Waals surface area contributed by atoms with Gasteiger partial charge in [-0.15, -0.1) is 0 Å². The second kappa shape index (κ2) is 5.10. The summed E-state index contributed by atoms with van der Waals surface area (Å²) < 4.78 is 13.1. The lowest BCUT2D eigenvalue weighted by atomic mass is 9.94. The molecule has 1 N–H and O–H groups in total. The van der Waals surface area contributed by atoms with Crippen LogP contribution in [0.25, 0.3) is 0 Å². The zero-order chi connectivity index (χ0) is 11.4. The van der Waals surface area contributed by atoms with E-state index in [0.29, 0.717) is 18.4 Å². The van der Waals surface area contributed by atoms with Crippen LogP contribution >= 0.6 is 0 Å². The van der Waals surface area contributed by atoms with Crippen LogP contribution in [-0.4, -0.2) is 18.1 Å². The predicted molar refractivity (Wildman–Crippen MR) is 61.1 cm³/mol. The van der Waals surface area contributed by atoms with Crippen molar-refractivity contribution < 1.29 is 9.18 Å². The van der Waals surface area contributed by atoms with Crippen LogP contribution in [0.1, 0.15) is 36.0 Å². The first kappa shape index (κ1) is 11.1. The number of alkyl halides is 1. The van der Waals surface area contributed by atoms with Crippen LogP contribution in [-0.2, 0) is 0 Å². The van der Waals surface area contributed by atoms with Crippen molar-refractivity contribution in [1.29, 1.82) is 0 Å². The molecule has 1 aliphatic carbocycles. The van der Waals surface area contributed by atoms with Gasteiger partial charge >= 0.3 is 0 Å². The van der Waals surface area contributed by atoms with Gasteiger partial charge in [-0.3, -0.25) is 4.79 Å². The lowest BCUT2D eigenvalue weighted by molar-refractivity contribution is 0.0913. The van der Waals surface area contributed by atoms with Crippen molar-refractivity contribution in [2.45, 2.75) is 37.9 Å². The number of hydrogen-bond donors (Lipinski definition) is 1. The zero-order valence-electron chi connectivity index (χ0n) is 9.16. The maximum atomic E-state index is 13.1. The van der Waals surface area contributed by atoms with Gasteiger partial charge in [-0.1, -0.05) is 18.2 Å². The Labute approximate surface area is 94.9 Å². The quantitative estimate of drug-likeness (QED) is 0.817. The monoisotopic (exact) mass is 221 g/mol. The summed E-state index contributed by atoms with van der Waals surface area (Å²) in [5, 5.41) is 2.89. The molecule has 0 aliphatic heterocycles. The van der Waals surface area contributed by atoms with Crippen LogP contribution in [0.2, 0.25) is 0 Å². The molecule has 2 atom stereocenters. The molecular formula is C13H16FNO. The van der Waals surface area contributed by atoms with Crippen LogP contribution in [0.3, 0.4) is 0 Å². The molecule has 1 aromatic carbocycles. The molecule has 0 saturated heterocycles. The van der Waals surface area contributed by atoms with E-state index in [1.165, 1.54) is 0 Å². The number of halogens is 1. The molecule has 2 nitrogen and oxygen atoms in total. The third-order valence-corrected chi connectivity index (χ3v) is 2.98. The number of benzene rings is 1. The Morgan fingerprint density at radius 2 is 2.00 bits per heavy atom. The first-order valence-electron chi connectivity index (χ1n) is 5.75. The van der Waals surface area contributed by atoms with Gasteiger partial charge in [-0.25, -0.2) is 4.39 Å². The van der Waals surface area contributed by atoms with Gasteiger partial charge < -0.3 is 5.32 Å². The number of carbonyl (C=O) groups is 1. The van der Waals surface area contributed by atoms with Crippen molar-refractivity contribution in [3.8, 4) is 0 Å². The molecule has 1 aliphatic rings. The highest BCUT2D eigenvalue weighted by atomic mass is 19.1. The van der Waals surface area contributed by atoms with Crippen LogP contribution in [0, 0.1) is 0 Å². The highest BCUT2D eigenvalue weighted by Gasteiger charge is 2.22. The fourth-order valence-electron chi connectivity index (χ4n) is 2.12. The highest BCUT2D eigenvalue weighted by molar-refractivity contribution is 5.94. The Hall–Kier alpha value is -1.38. The summed E-state index contributed by atoms with van der Waals surface area (Å²) in [6, 6.07) is 9.06. The van der Waals surface area contributed by atoms with E-state index in [1.54, 1.807) is 12.1 Å². The van der Waals surface area contributed by atoms with Crippen molar-refractivity contribution in [2.75, 3.05) is 0 Å². The standard InChI is InChI=1S/C13H16FNO/c14-11-7-4-8-12(9-11)15-13(16)10-5-2-1-3-6-10/h1-3,5-6,11-12H,4,7-9H2,(H,15,16)/t11-,12+/m0/s1. The summed E-state index contributed by atoms with van der Waals surface area (Å²) in [4.78, 5) is 11.8. The van der Waals surface area contributed by atoms with E-state index in [4.69, 9.17) is 0 Å². The fourth-order valence-corrected chi connectivity index (χ4v) is 2.12. The molecule has 2 rings (SSSR count). The van der Waals surface area contributed by atoms with Crippen LogP contribution in [0.15, 0.2) is 30.3 Å². The minimum atomic E-state index is -0.755. The largest absolute Gasteiger partial charge is 0.349 e. The van der Waals surface area contributed by atoms with E-state index in [-0.39, 0.29) is 11.9 Å². The minimum Gasteiger partial charge on any atom is -0.349 e. The van der Waals surface area contributed by atoms with E-state index in [0.717, 1.165) is 12.8 Å². The number of hydrogen-bond acceptors (Lipinski definition) is 1. The molecule has 16 heavy (non-hydrogen) atoms. The smallest absolute Gasteiger partial charge is 0.251 e. The molecule has 1 aromatic rings. The first-order valence-corrected chi connectivity index (χ1v) is 5.75. The maximum Gasteiger partial charge on any atom is 0.251 e. The van der Waals surface area contributed by atoms with Gasteiger partial charge in [0.15, 0.2) is 0 Å². The Morgan fingerprint density at radius 1 is 1.25 bits per heavy atom. The van der Waals surface area contributed by atoms with Crippen LogP contribution in [0.4, 0.5) is 4.39 Å². The van der Waals surface area contributed by atoms with Crippen molar-refractivity contribution in [2.24, 2.45) is 0 Å². The van der Waals surface area contributed by atoms with Crippen molar-refractivity contribution >= 4 is 5.91 Å². The van der Waals surface area contributed by atoms with Gasteiger partial charge in [-0.2, -0.15) is 0 Å². The average Bonchev–Trinajstić information content (AvgIpc) is 2.30. The number of carbonyl (C=O) groups excluding carboxylic acids is 1. The lowest BCUT2D eigenvalue weighted by Gasteiger charge is -2.25. The predicted octanol–water partition coefficient (Wildman–Crippen LogP) is 2.70. The summed E-state index contributed by atoms with van der Waals surface area (Å²) in [5.74, 6) is -0.0975. The molecule has 86 valence electrons. The van der Waals surface area contributed by atoms with Crippen LogP contribution < -0.4 is 5.32 Å². The lowest BCUT2D eigenvalue weighted by Crippen LogP contribution is -2.38. The van der Waals surface area contributed by atoms with Gasteiger partial charge in [0.25, 0.3) is 5.91 Å². The van der Waals surface area contributed by atoms with Gasteiger partial charge in [-0.05, 0) is 37.8 Å². The molecule has 0 spiro atoms. The average molecular weight is 221 g/mol. The second-order valence-corrected chi connectivity index (χ2v) is 4.30. The van der Waals surface area contributed by atoms with Gasteiger partial charge in [0.1, 0.15) is 6.17 Å². The Kier molecular flexibility index (Phi) is 3.54. The molecular weight excluding hydrogens is 205 g/mol. The number of amides is 1. The fraction of sp³-hybridized carbons (Fsp3) is 0.462. The highest BCUT2D eigenvalue weighted by Crippen LogP contribution is 2.21. The van der Waals surface area contributed by atoms with Gasteiger partial charge in [0.05, 0.1) is 0 Å². The molecule has 1 saturated carbocycles. The topological polar surface area (TPSA) is 29.1 Å². The molecule has 0 unspecified atom stereocenters. The third-order valence-electron chi connectivity index (χ3n) is 2.98. The summed E-state index contributed by atoms with van der Waals surface area (Å²) in [5.41, 5.74) is 0.642. The molecule has 3 heteroatoms. The molecule has 1 amide bonds. The van der Waals surface area contributed by atoms with Gasteiger partial charge in [0.2, 0.25) is 0 Å². The van der Waals surface area contributed by atoms with Gasteiger partial charge in [0, 0.05) is 11.6 Å². The Morgan fingerprint density at radius 3 is 2.69 bits per heavy atom. The van der Waals surface area contributed by atoms with E-state index in [9.17, 15) is 9.18 Å². The first-order chi connectivity index (χ1) is 7.75. The summed E-state index contributed by atoms with van der Waals surface area (Å²) in [6.07, 6.45) is 2.09. The van der Waals surface area contributed by atoms with E-state index in [1.807, 2.05) is 18.2 Å². The normalized spacial score (nSPS) is 25.1. The minimum absolute atomic E-state index is 0.00328. The summed E-state index contributed by atoms with van der Waals surface area (Å²) >= 11 is 0. The molecule has 1 fully saturated rings. The molecule has 0 heterocycles. The number of nitrogens with one attached hydrogen (secondary N) is 1. The van der Waals surface area contributed by atoms with Crippen LogP contribution in [0.5, 0.6) is 0 Å². The number of rotatable bonds is 2. The van der Waals surface area contributed by atoms with E-state index in [2.05, 4.69) is 5.32 Å². The summed E-state index contributed by atoms with van der Waals surface area (Å²) in [7, 11) is 0. The molecule has 0 aromatic heterocycles. The van der Waals surface area contributed by atoms with E-state index < -0.39 is 6.17 Å². The molecule has 0 radical (unpaired) electrons. The second-order valence-electron chi connectivity index (χ2n) is 4.30. The Bertz CT molecular complexity index is 352.